The van der Waals surface area contributed by atoms with Gasteiger partial charge in [-0.05, 0) is 61.0 Å². The van der Waals surface area contributed by atoms with Crippen LogP contribution in [0, 0.1) is 0 Å². The number of nitrogens with one attached hydrogen (secondary N) is 1. The number of benzene rings is 3. The van der Waals surface area contributed by atoms with Gasteiger partial charge in [0.2, 0.25) is 5.89 Å². The Hall–Kier alpha value is -3.80. The van der Waals surface area contributed by atoms with Crippen molar-refractivity contribution in [2.24, 2.45) is 0 Å². The number of carbonyl (C=O) groups excluding carboxylic acids is 1. The van der Waals surface area contributed by atoms with E-state index in [2.05, 4.69) is 10.3 Å². The molecule has 6 nitrogen and oxygen atoms in total. The van der Waals surface area contributed by atoms with Gasteiger partial charge in [0.05, 0.1) is 12.2 Å². The van der Waals surface area contributed by atoms with Gasteiger partial charge in [0.1, 0.15) is 17.0 Å². The lowest BCUT2D eigenvalue weighted by Gasteiger charge is -2.09. The summed E-state index contributed by atoms with van der Waals surface area (Å²) in [6.45, 7) is 2.67. The van der Waals surface area contributed by atoms with Crippen molar-refractivity contribution in [1.82, 2.24) is 4.98 Å². The number of phenolic OH excluding ortho intramolecular Hbond substituents is 1. The van der Waals surface area contributed by atoms with Crippen LogP contribution in [-0.4, -0.2) is 22.6 Å². The molecule has 3 aromatic carbocycles. The molecule has 0 aliphatic heterocycles. The molecule has 0 aliphatic carbocycles. The van der Waals surface area contributed by atoms with Crippen LogP contribution in [0.2, 0.25) is 0 Å². The lowest BCUT2D eigenvalue weighted by atomic mass is 10.1. The second-order valence-corrected chi connectivity index (χ2v) is 6.55. The second kappa shape index (κ2) is 8.06. The number of amides is 1. The zero-order valence-electron chi connectivity index (χ0n) is 15.9. The Balaban J connectivity index is 1.55. The largest absolute Gasteiger partial charge is 0.507 e. The Morgan fingerprint density at radius 3 is 2.66 bits per heavy atom. The van der Waals surface area contributed by atoms with Gasteiger partial charge in [-0.3, -0.25) is 4.79 Å². The van der Waals surface area contributed by atoms with Crippen molar-refractivity contribution in [3.63, 3.8) is 0 Å². The van der Waals surface area contributed by atoms with E-state index in [4.69, 9.17) is 9.15 Å². The maximum Gasteiger partial charge on any atom is 0.255 e. The average molecular weight is 388 g/mol. The summed E-state index contributed by atoms with van der Waals surface area (Å²) >= 11 is 0. The van der Waals surface area contributed by atoms with Gasteiger partial charge in [-0.25, -0.2) is 4.98 Å². The number of carbonyl (C=O) groups is 1. The van der Waals surface area contributed by atoms with Crippen LogP contribution >= 0.6 is 0 Å². The molecule has 1 heterocycles. The van der Waals surface area contributed by atoms with E-state index < -0.39 is 0 Å². The van der Waals surface area contributed by atoms with E-state index in [9.17, 15) is 9.90 Å². The molecule has 0 radical (unpaired) electrons. The first-order valence-electron chi connectivity index (χ1n) is 9.37. The SMILES string of the molecule is CCCOc1ccc(C(=O)Nc2ccc(O)c(-c3nc4ccccc4o3)c2)cc1. The van der Waals surface area contributed by atoms with E-state index in [0.29, 0.717) is 34.5 Å². The molecule has 0 saturated carbocycles. The smallest absolute Gasteiger partial charge is 0.255 e. The number of rotatable bonds is 6. The highest BCUT2D eigenvalue weighted by Crippen LogP contribution is 2.33. The van der Waals surface area contributed by atoms with Gasteiger partial charge < -0.3 is 19.6 Å². The monoisotopic (exact) mass is 388 g/mol. The van der Waals surface area contributed by atoms with Crippen LogP contribution in [0.25, 0.3) is 22.6 Å². The molecule has 1 amide bonds. The number of ether oxygens (including phenoxy) is 1. The lowest BCUT2D eigenvalue weighted by molar-refractivity contribution is 0.102. The minimum absolute atomic E-state index is 0.0204. The third-order valence-corrected chi connectivity index (χ3v) is 4.37. The zero-order valence-corrected chi connectivity index (χ0v) is 15.9. The summed E-state index contributed by atoms with van der Waals surface area (Å²) in [6.07, 6.45) is 0.922. The maximum atomic E-state index is 12.6. The normalized spacial score (nSPS) is 10.8. The number of hydrogen-bond acceptors (Lipinski definition) is 5. The summed E-state index contributed by atoms with van der Waals surface area (Å²) in [6, 6.07) is 19.1. The Labute approximate surface area is 167 Å². The van der Waals surface area contributed by atoms with E-state index in [1.165, 1.54) is 6.07 Å². The number of aromatic nitrogens is 1. The van der Waals surface area contributed by atoms with Gasteiger partial charge in [-0.1, -0.05) is 19.1 Å². The predicted octanol–water partition coefficient (Wildman–Crippen LogP) is 5.24. The minimum atomic E-state index is -0.263. The molecule has 0 fully saturated rings. The standard InChI is InChI=1S/C23H20N2O4/c1-2-13-28-17-10-7-15(8-11-17)22(27)24-16-9-12-20(26)18(14-16)23-25-19-5-3-4-6-21(19)29-23/h3-12,14,26H,2,13H2,1H3,(H,24,27). The van der Waals surface area contributed by atoms with Crippen molar-refractivity contribution in [1.29, 1.82) is 0 Å². The molecular formula is C23H20N2O4. The quantitative estimate of drug-likeness (QED) is 0.441. The van der Waals surface area contributed by atoms with Crippen LogP contribution in [0.15, 0.2) is 71.1 Å². The molecule has 1 aromatic heterocycles. The molecule has 2 N–H and O–H groups in total. The van der Waals surface area contributed by atoms with E-state index in [0.717, 1.165) is 12.2 Å². The summed E-state index contributed by atoms with van der Waals surface area (Å²) in [5.41, 5.74) is 2.76. The Kier molecular flexibility index (Phi) is 5.16. The van der Waals surface area contributed by atoms with Crippen LogP contribution in [0.4, 0.5) is 5.69 Å². The van der Waals surface area contributed by atoms with Crippen molar-refractivity contribution < 1.29 is 19.1 Å². The number of oxazole rings is 1. The first-order valence-corrected chi connectivity index (χ1v) is 9.37. The van der Waals surface area contributed by atoms with E-state index in [1.807, 2.05) is 31.2 Å². The van der Waals surface area contributed by atoms with Crippen LogP contribution in [0.1, 0.15) is 23.7 Å². The molecule has 6 heteroatoms. The third-order valence-electron chi connectivity index (χ3n) is 4.37. The fourth-order valence-corrected chi connectivity index (χ4v) is 2.90. The Bertz CT molecular complexity index is 1120. The number of nitrogens with zero attached hydrogens (tertiary/aromatic N) is 1. The summed E-state index contributed by atoms with van der Waals surface area (Å²) in [4.78, 5) is 17.0. The van der Waals surface area contributed by atoms with Gasteiger partial charge in [-0.15, -0.1) is 0 Å². The van der Waals surface area contributed by atoms with Crippen LogP contribution in [0.5, 0.6) is 11.5 Å². The first-order chi connectivity index (χ1) is 14.1. The Morgan fingerprint density at radius 2 is 1.90 bits per heavy atom. The number of hydrogen-bond donors (Lipinski definition) is 2. The highest BCUT2D eigenvalue weighted by molar-refractivity contribution is 6.04. The van der Waals surface area contributed by atoms with Crippen LogP contribution in [-0.2, 0) is 0 Å². The minimum Gasteiger partial charge on any atom is -0.507 e. The topological polar surface area (TPSA) is 84.6 Å². The zero-order chi connectivity index (χ0) is 20.2. The first kappa shape index (κ1) is 18.6. The van der Waals surface area contributed by atoms with E-state index in [1.54, 1.807) is 36.4 Å². The third kappa shape index (κ3) is 4.06. The highest BCUT2D eigenvalue weighted by atomic mass is 16.5. The molecule has 4 aromatic rings. The molecule has 0 bridgehead atoms. The highest BCUT2D eigenvalue weighted by Gasteiger charge is 2.14. The number of phenols is 1. The predicted molar refractivity (Wildman–Crippen MR) is 111 cm³/mol. The van der Waals surface area contributed by atoms with Gasteiger partial charge in [0.15, 0.2) is 5.58 Å². The van der Waals surface area contributed by atoms with Crippen molar-refractivity contribution in [2.45, 2.75) is 13.3 Å². The van der Waals surface area contributed by atoms with Crippen LogP contribution in [0.3, 0.4) is 0 Å². The van der Waals surface area contributed by atoms with Gasteiger partial charge in [0.25, 0.3) is 5.91 Å². The molecule has 0 saturated heterocycles. The number of para-hydroxylation sites is 2. The molecule has 146 valence electrons. The van der Waals surface area contributed by atoms with Gasteiger partial charge in [0, 0.05) is 11.3 Å². The molecular weight excluding hydrogens is 368 g/mol. The van der Waals surface area contributed by atoms with Crippen LogP contribution < -0.4 is 10.1 Å². The molecule has 0 aliphatic rings. The van der Waals surface area contributed by atoms with Gasteiger partial charge >= 0.3 is 0 Å². The number of aromatic hydroxyl groups is 1. The number of fused-ring (bicyclic) bond motifs is 1. The fourth-order valence-electron chi connectivity index (χ4n) is 2.90. The van der Waals surface area contributed by atoms with E-state index in [-0.39, 0.29) is 17.5 Å². The average Bonchev–Trinajstić information content (AvgIpc) is 3.18. The van der Waals surface area contributed by atoms with Crippen molar-refractivity contribution in [3.05, 3.63) is 72.3 Å². The van der Waals surface area contributed by atoms with Crippen molar-refractivity contribution in [2.75, 3.05) is 11.9 Å². The second-order valence-electron chi connectivity index (χ2n) is 6.55. The van der Waals surface area contributed by atoms with Gasteiger partial charge in [-0.2, -0.15) is 0 Å². The van der Waals surface area contributed by atoms with E-state index >= 15 is 0 Å². The summed E-state index contributed by atoms with van der Waals surface area (Å²) in [5.74, 6) is 0.775. The summed E-state index contributed by atoms with van der Waals surface area (Å²) in [5, 5.41) is 13.1. The summed E-state index contributed by atoms with van der Waals surface area (Å²) < 4.78 is 11.3. The maximum absolute atomic E-state index is 12.6. The molecule has 29 heavy (non-hydrogen) atoms. The lowest BCUT2D eigenvalue weighted by Crippen LogP contribution is -2.11. The molecule has 0 unspecified atom stereocenters. The molecule has 0 spiro atoms. The number of anilines is 1. The molecule has 0 atom stereocenters. The van der Waals surface area contributed by atoms with Crippen molar-refractivity contribution >= 4 is 22.7 Å². The van der Waals surface area contributed by atoms with Crippen molar-refractivity contribution in [3.8, 4) is 23.0 Å². The molecule has 4 rings (SSSR count). The summed E-state index contributed by atoms with van der Waals surface area (Å²) in [7, 11) is 0. The fraction of sp³-hybridized carbons (Fsp3) is 0.130. The Morgan fingerprint density at radius 1 is 1.10 bits per heavy atom.